The zero-order chi connectivity index (χ0) is 42.2. The highest BCUT2D eigenvalue weighted by atomic mass is 32.1. The molecule has 2 N–H and O–H groups in total. The molecule has 4 atom stereocenters. The number of hydrogen-bond donors (Lipinski definition) is 2. The van der Waals surface area contributed by atoms with Gasteiger partial charge >= 0.3 is 0 Å². The second-order valence-corrected chi connectivity index (χ2v) is 19.0. The molecule has 4 fully saturated rings. The minimum atomic E-state index is -0.711. The molecule has 10 nitrogen and oxygen atoms in total. The first-order valence-corrected chi connectivity index (χ1v) is 23.5. The number of amides is 4. The zero-order valence-electron chi connectivity index (χ0n) is 34.3. The van der Waals surface area contributed by atoms with Crippen LogP contribution in [0, 0.1) is 11.8 Å². The molecule has 2 saturated carbocycles. The predicted octanol–water partition coefficient (Wildman–Crippen LogP) is 9.46. The predicted molar refractivity (Wildman–Crippen MR) is 242 cm³/mol. The molecule has 4 aromatic carbocycles. The van der Waals surface area contributed by atoms with E-state index in [1.165, 1.54) is 0 Å². The van der Waals surface area contributed by atoms with Gasteiger partial charge in [0.15, 0.2) is 0 Å². The largest absolute Gasteiger partial charge is 0.340 e. The standard InChI is InChI=1S/C50H48N6O4S2/c57-45(37-23-24-37)53-43(35-9-3-1-4-10-35)49(59)55-27-7-13-39(55)47-51-29-41(61-47)33-19-15-31(16-20-33)32-17-21-34(22-18-32)42-30-52-48(62-42)40-14-8-28-56(40)50(60)44(36-11-5-2-6-12-36)54-46(58)38-25-26-38/h1-6,9-12,15-22,29-30,37-40,43-44H,7-8,13-14,23-28H2,(H,53,57)(H,54,58)/t39-,40-,43-,44+/m0/s1. The Bertz CT molecular complexity index is 2390. The lowest BCUT2D eigenvalue weighted by molar-refractivity contribution is -0.138. The summed E-state index contributed by atoms with van der Waals surface area (Å²) in [5.41, 5.74) is 5.95. The van der Waals surface area contributed by atoms with E-state index >= 15 is 0 Å². The van der Waals surface area contributed by atoms with E-state index in [0.29, 0.717) is 13.1 Å². The Labute approximate surface area is 369 Å². The fourth-order valence-electron chi connectivity index (χ4n) is 8.79. The molecule has 62 heavy (non-hydrogen) atoms. The summed E-state index contributed by atoms with van der Waals surface area (Å²) in [6, 6.07) is 34.5. The number of carbonyl (C=O) groups is 4. The minimum absolute atomic E-state index is 0.0108. The van der Waals surface area contributed by atoms with Crippen LogP contribution in [-0.4, -0.2) is 56.5 Å². The topological polar surface area (TPSA) is 125 Å². The van der Waals surface area contributed by atoms with Crippen molar-refractivity contribution in [3.63, 3.8) is 0 Å². The maximum absolute atomic E-state index is 14.1. The van der Waals surface area contributed by atoms with Crippen LogP contribution in [0.15, 0.2) is 122 Å². The lowest BCUT2D eigenvalue weighted by Crippen LogP contribution is -2.43. The summed E-state index contributed by atoms with van der Waals surface area (Å²) in [4.78, 5) is 69.5. The van der Waals surface area contributed by atoms with Crippen LogP contribution < -0.4 is 10.6 Å². The van der Waals surface area contributed by atoms with E-state index < -0.39 is 12.1 Å². The number of nitrogens with zero attached hydrogens (tertiary/aromatic N) is 4. The molecule has 4 amide bonds. The van der Waals surface area contributed by atoms with E-state index in [1.807, 2.05) is 82.9 Å². The monoisotopic (exact) mass is 860 g/mol. The number of hydrogen-bond acceptors (Lipinski definition) is 8. The molecule has 2 aliphatic heterocycles. The highest BCUT2D eigenvalue weighted by molar-refractivity contribution is 7.15. The molecule has 10 rings (SSSR count). The van der Waals surface area contributed by atoms with Crippen molar-refractivity contribution in [3.05, 3.63) is 143 Å². The van der Waals surface area contributed by atoms with Crippen molar-refractivity contribution in [3.8, 4) is 32.0 Å². The van der Waals surface area contributed by atoms with Crippen LogP contribution in [0.3, 0.4) is 0 Å². The van der Waals surface area contributed by atoms with Crippen molar-refractivity contribution in [2.45, 2.75) is 75.5 Å². The number of aromatic nitrogens is 2. The van der Waals surface area contributed by atoms with E-state index in [4.69, 9.17) is 9.97 Å². The van der Waals surface area contributed by atoms with Crippen LogP contribution in [-0.2, 0) is 19.2 Å². The van der Waals surface area contributed by atoms with Gasteiger partial charge in [-0.2, -0.15) is 0 Å². The molecule has 4 heterocycles. The van der Waals surface area contributed by atoms with Gasteiger partial charge in [-0.3, -0.25) is 19.2 Å². The SMILES string of the molecule is O=C(N[C@H](C(=O)N1CCC[C@H]1c1ncc(-c2ccc(-c3ccc(-c4cnc([C@@H]5CCCN5C(=O)[C@H](NC(=O)C5CC5)c5ccccc5)s4)cc3)cc2)s1)c1ccccc1)C1CC1. The first-order valence-electron chi connectivity index (χ1n) is 21.8. The van der Waals surface area contributed by atoms with Crippen LogP contribution in [0.2, 0.25) is 0 Å². The van der Waals surface area contributed by atoms with Crippen molar-refractivity contribution in [2.24, 2.45) is 11.8 Å². The Balaban J connectivity index is 0.797. The summed E-state index contributed by atoms with van der Waals surface area (Å²) in [5, 5.41) is 7.96. The first-order chi connectivity index (χ1) is 30.4. The van der Waals surface area contributed by atoms with Gasteiger partial charge in [0, 0.05) is 37.3 Å². The second kappa shape index (κ2) is 17.4. The normalized spacial score (nSPS) is 19.5. The van der Waals surface area contributed by atoms with Crippen molar-refractivity contribution in [2.75, 3.05) is 13.1 Å². The number of benzene rings is 4. The van der Waals surface area contributed by atoms with Gasteiger partial charge in [-0.25, -0.2) is 9.97 Å². The van der Waals surface area contributed by atoms with Gasteiger partial charge in [0.1, 0.15) is 22.1 Å². The third-order valence-electron chi connectivity index (χ3n) is 12.6. The number of likely N-dealkylation sites (tertiary alicyclic amines) is 2. The fourth-order valence-corrected chi connectivity index (χ4v) is 10.9. The van der Waals surface area contributed by atoms with Gasteiger partial charge in [-0.1, -0.05) is 109 Å². The molecule has 4 aliphatic rings. The van der Waals surface area contributed by atoms with Crippen LogP contribution in [0.1, 0.15) is 96.7 Å². The average molecular weight is 861 g/mol. The van der Waals surface area contributed by atoms with Crippen LogP contribution in [0.25, 0.3) is 32.0 Å². The summed E-state index contributed by atoms with van der Waals surface area (Å²) in [5.74, 6) is -0.215. The van der Waals surface area contributed by atoms with E-state index in [9.17, 15) is 19.2 Å². The van der Waals surface area contributed by atoms with Crippen molar-refractivity contribution >= 4 is 46.3 Å². The lowest BCUT2D eigenvalue weighted by atomic mass is 10.0. The zero-order valence-corrected chi connectivity index (χ0v) is 36.0. The van der Waals surface area contributed by atoms with Gasteiger partial charge in [-0.15, -0.1) is 22.7 Å². The molecular weight excluding hydrogens is 813 g/mol. The molecule has 2 saturated heterocycles. The van der Waals surface area contributed by atoms with E-state index in [1.54, 1.807) is 22.7 Å². The molecule has 2 aliphatic carbocycles. The fraction of sp³-hybridized carbons (Fsp3) is 0.320. The van der Waals surface area contributed by atoms with Crippen LogP contribution in [0.4, 0.5) is 0 Å². The Morgan fingerprint density at radius 2 is 0.871 bits per heavy atom. The number of nitrogens with one attached hydrogen (secondary N) is 2. The molecule has 6 aromatic rings. The summed E-state index contributed by atoms with van der Waals surface area (Å²) in [7, 11) is 0. The molecule has 314 valence electrons. The van der Waals surface area contributed by atoms with E-state index in [2.05, 4.69) is 59.2 Å². The summed E-state index contributed by atoms with van der Waals surface area (Å²) in [6.45, 7) is 1.27. The molecular formula is C50H48N6O4S2. The molecule has 2 aromatic heterocycles. The Kier molecular flexibility index (Phi) is 11.3. The Hall–Kier alpha value is -5.98. The average Bonchev–Trinajstić information content (AvgIpc) is 4.07. The Morgan fingerprint density at radius 1 is 0.500 bits per heavy atom. The minimum Gasteiger partial charge on any atom is -0.340 e. The van der Waals surface area contributed by atoms with Crippen molar-refractivity contribution in [1.29, 1.82) is 0 Å². The molecule has 0 unspecified atom stereocenters. The quantitative estimate of drug-likeness (QED) is 0.119. The van der Waals surface area contributed by atoms with Gasteiger partial charge < -0.3 is 20.4 Å². The second-order valence-electron chi connectivity index (χ2n) is 16.9. The maximum atomic E-state index is 14.1. The van der Waals surface area contributed by atoms with E-state index in [-0.39, 0.29) is 47.5 Å². The smallest absolute Gasteiger partial charge is 0.250 e. The Morgan fingerprint density at radius 3 is 1.24 bits per heavy atom. The highest BCUT2D eigenvalue weighted by Gasteiger charge is 2.41. The number of rotatable bonds is 13. The van der Waals surface area contributed by atoms with Gasteiger partial charge in [0.25, 0.3) is 0 Å². The summed E-state index contributed by atoms with van der Waals surface area (Å²) >= 11 is 3.25. The number of carbonyl (C=O) groups excluding carboxylic acids is 4. The van der Waals surface area contributed by atoms with Crippen molar-refractivity contribution in [1.82, 2.24) is 30.4 Å². The summed E-state index contributed by atoms with van der Waals surface area (Å²) < 4.78 is 0. The molecule has 12 heteroatoms. The van der Waals surface area contributed by atoms with Gasteiger partial charge in [-0.05, 0) is 84.7 Å². The summed E-state index contributed by atoms with van der Waals surface area (Å²) in [6.07, 6.45) is 10.8. The third-order valence-corrected chi connectivity index (χ3v) is 14.9. The lowest BCUT2D eigenvalue weighted by Gasteiger charge is -2.28. The molecule has 0 radical (unpaired) electrons. The number of thiazole rings is 2. The molecule has 0 bridgehead atoms. The van der Waals surface area contributed by atoms with Gasteiger partial charge in [0.2, 0.25) is 23.6 Å². The molecule has 0 spiro atoms. The first kappa shape index (κ1) is 40.1. The van der Waals surface area contributed by atoms with Gasteiger partial charge in [0.05, 0.1) is 21.8 Å². The van der Waals surface area contributed by atoms with Crippen LogP contribution >= 0.6 is 22.7 Å². The van der Waals surface area contributed by atoms with E-state index in [0.717, 1.165) is 105 Å². The third kappa shape index (κ3) is 8.45. The highest BCUT2D eigenvalue weighted by Crippen LogP contribution is 2.42. The maximum Gasteiger partial charge on any atom is 0.250 e. The van der Waals surface area contributed by atoms with Crippen LogP contribution in [0.5, 0.6) is 0 Å². The van der Waals surface area contributed by atoms with Crippen molar-refractivity contribution < 1.29 is 19.2 Å².